The molecule has 0 bridgehead atoms. The van der Waals surface area contributed by atoms with E-state index in [1.807, 2.05) is 19.1 Å². The van der Waals surface area contributed by atoms with Crippen molar-refractivity contribution in [2.24, 2.45) is 0 Å². The van der Waals surface area contributed by atoms with Gasteiger partial charge in [-0.25, -0.2) is 8.42 Å². The predicted octanol–water partition coefficient (Wildman–Crippen LogP) is 5.36. The molecule has 0 aliphatic carbocycles. The first kappa shape index (κ1) is 29.5. The van der Waals surface area contributed by atoms with Gasteiger partial charge in [0.1, 0.15) is 12.6 Å². The number of hydrogen-bond acceptors (Lipinski definition) is 4. The van der Waals surface area contributed by atoms with Gasteiger partial charge in [0.15, 0.2) is 0 Å². The lowest BCUT2D eigenvalue weighted by Gasteiger charge is -2.33. The van der Waals surface area contributed by atoms with Gasteiger partial charge in [0.05, 0.1) is 20.6 Å². The van der Waals surface area contributed by atoms with E-state index < -0.39 is 28.5 Å². The van der Waals surface area contributed by atoms with Gasteiger partial charge in [-0.2, -0.15) is 0 Å². The summed E-state index contributed by atoms with van der Waals surface area (Å²) in [6.07, 6.45) is 0.321. The normalized spacial score (nSPS) is 12.1. The number of anilines is 1. The summed E-state index contributed by atoms with van der Waals surface area (Å²) in [5.74, 6) is -0.892. The lowest BCUT2D eigenvalue weighted by Crippen LogP contribution is -2.51. The summed E-state index contributed by atoms with van der Waals surface area (Å²) in [7, 11) is -2.62. The number of rotatable bonds is 10. The minimum Gasteiger partial charge on any atom is -0.357 e. The molecule has 0 spiro atoms. The lowest BCUT2D eigenvalue weighted by atomic mass is 10.1. The van der Waals surface area contributed by atoms with Gasteiger partial charge in [0.2, 0.25) is 11.8 Å². The average molecular weight is 577 g/mol. The molecule has 202 valence electrons. The van der Waals surface area contributed by atoms with Crippen LogP contribution in [-0.4, -0.2) is 44.8 Å². The van der Waals surface area contributed by atoms with E-state index in [1.165, 1.54) is 24.1 Å². The quantitative estimate of drug-likeness (QED) is 0.352. The molecule has 3 rings (SSSR count). The molecule has 10 heteroatoms. The number of benzene rings is 3. The maximum Gasteiger partial charge on any atom is 0.264 e. The first-order valence-electron chi connectivity index (χ1n) is 12.1. The zero-order valence-corrected chi connectivity index (χ0v) is 24.1. The van der Waals surface area contributed by atoms with E-state index in [4.69, 9.17) is 23.2 Å². The van der Waals surface area contributed by atoms with Crippen molar-refractivity contribution in [1.29, 1.82) is 0 Å². The van der Waals surface area contributed by atoms with Gasteiger partial charge in [-0.15, -0.1) is 0 Å². The minimum absolute atomic E-state index is 0.0354. The standard InChI is InChI=1S/C28H31Cl2N3O4S/c1-5-25(28(35)31-4)32(17-21-13-14-23(29)24(30)16-21)27(34)18-33(26-15-19(2)11-12-20(26)3)38(36,37)22-9-7-6-8-10-22/h6-16,25H,5,17-18H2,1-4H3,(H,31,35). The second-order valence-corrected chi connectivity index (χ2v) is 11.6. The molecule has 0 aliphatic rings. The van der Waals surface area contributed by atoms with Gasteiger partial charge >= 0.3 is 0 Å². The Morgan fingerprint density at radius 1 is 0.947 bits per heavy atom. The average Bonchev–Trinajstić information content (AvgIpc) is 2.90. The summed E-state index contributed by atoms with van der Waals surface area (Å²) in [6.45, 7) is 4.97. The highest BCUT2D eigenvalue weighted by atomic mass is 35.5. The maximum absolute atomic E-state index is 14.0. The van der Waals surface area contributed by atoms with Gasteiger partial charge in [-0.05, 0) is 67.3 Å². The van der Waals surface area contributed by atoms with E-state index in [9.17, 15) is 18.0 Å². The summed E-state index contributed by atoms with van der Waals surface area (Å²) in [5.41, 5.74) is 2.58. The van der Waals surface area contributed by atoms with Crippen LogP contribution >= 0.6 is 23.2 Å². The van der Waals surface area contributed by atoms with E-state index in [2.05, 4.69) is 5.32 Å². The van der Waals surface area contributed by atoms with Crippen LogP contribution < -0.4 is 9.62 Å². The minimum atomic E-state index is -4.12. The van der Waals surface area contributed by atoms with Crippen LogP contribution in [-0.2, 0) is 26.2 Å². The molecule has 0 saturated carbocycles. The smallest absolute Gasteiger partial charge is 0.264 e. The predicted molar refractivity (Wildman–Crippen MR) is 152 cm³/mol. The molecular weight excluding hydrogens is 545 g/mol. The fourth-order valence-electron chi connectivity index (χ4n) is 4.14. The Balaban J connectivity index is 2.10. The van der Waals surface area contributed by atoms with Crippen LogP contribution in [0.5, 0.6) is 0 Å². The van der Waals surface area contributed by atoms with Crippen molar-refractivity contribution in [3.63, 3.8) is 0 Å². The highest BCUT2D eigenvalue weighted by Crippen LogP contribution is 2.29. The Hall–Kier alpha value is -3.07. The molecule has 0 saturated heterocycles. The molecule has 1 N–H and O–H groups in total. The second-order valence-electron chi connectivity index (χ2n) is 8.92. The number of carbonyl (C=O) groups excluding carboxylic acids is 2. The monoisotopic (exact) mass is 575 g/mol. The third-order valence-corrected chi connectivity index (χ3v) is 8.73. The van der Waals surface area contributed by atoms with Crippen molar-refractivity contribution in [3.8, 4) is 0 Å². The number of aryl methyl sites for hydroxylation is 2. The topological polar surface area (TPSA) is 86.8 Å². The van der Waals surface area contributed by atoms with Crippen molar-refractivity contribution in [3.05, 3.63) is 93.5 Å². The van der Waals surface area contributed by atoms with Gasteiger partial charge in [-0.3, -0.25) is 13.9 Å². The molecule has 1 atom stereocenters. The van der Waals surface area contributed by atoms with Crippen LogP contribution in [0.15, 0.2) is 71.6 Å². The number of amides is 2. The van der Waals surface area contributed by atoms with Crippen molar-refractivity contribution in [2.45, 2.75) is 44.7 Å². The Bertz CT molecular complexity index is 1410. The molecule has 7 nitrogen and oxygen atoms in total. The third-order valence-electron chi connectivity index (χ3n) is 6.21. The Morgan fingerprint density at radius 2 is 1.63 bits per heavy atom. The molecule has 0 fully saturated rings. The van der Waals surface area contributed by atoms with Crippen LogP contribution in [0, 0.1) is 13.8 Å². The molecule has 38 heavy (non-hydrogen) atoms. The van der Waals surface area contributed by atoms with Gasteiger partial charge < -0.3 is 10.2 Å². The molecule has 0 radical (unpaired) electrons. The molecule has 3 aromatic carbocycles. The van der Waals surface area contributed by atoms with Crippen LogP contribution in [0.4, 0.5) is 5.69 Å². The Morgan fingerprint density at radius 3 is 2.24 bits per heavy atom. The van der Waals surface area contributed by atoms with Gasteiger partial charge in [0.25, 0.3) is 10.0 Å². The van der Waals surface area contributed by atoms with Crippen molar-refractivity contribution >= 4 is 50.7 Å². The van der Waals surface area contributed by atoms with E-state index in [-0.39, 0.29) is 17.3 Å². The third kappa shape index (κ3) is 6.67. The molecule has 0 aromatic heterocycles. The molecule has 2 amide bonds. The molecule has 0 aliphatic heterocycles. The van der Waals surface area contributed by atoms with E-state index in [0.29, 0.717) is 33.3 Å². The van der Waals surface area contributed by atoms with E-state index in [1.54, 1.807) is 56.3 Å². The summed E-state index contributed by atoms with van der Waals surface area (Å²) >= 11 is 12.3. The van der Waals surface area contributed by atoms with Crippen molar-refractivity contribution in [2.75, 3.05) is 17.9 Å². The van der Waals surface area contributed by atoms with Crippen LogP contribution in [0.1, 0.15) is 30.0 Å². The summed E-state index contributed by atoms with van der Waals surface area (Å²) in [4.78, 5) is 28.2. The maximum atomic E-state index is 14.0. The van der Waals surface area contributed by atoms with Crippen LogP contribution in [0.3, 0.4) is 0 Å². The van der Waals surface area contributed by atoms with E-state index in [0.717, 1.165) is 9.87 Å². The van der Waals surface area contributed by atoms with Crippen LogP contribution in [0.25, 0.3) is 0 Å². The summed E-state index contributed by atoms with van der Waals surface area (Å²) < 4.78 is 28.9. The van der Waals surface area contributed by atoms with Crippen LogP contribution in [0.2, 0.25) is 10.0 Å². The number of hydrogen-bond donors (Lipinski definition) is 1. The van der Waals surface area contributed by atoms with Gasteiger partial charge in [-0.1, -0.05) is 66.5 Å². The number of likely N-dealkylation sites (N-methyl/N-ethyl adjacent to an activating group) is 1. The number of carbonyl (C=O) groups is 2. The Labute approximate surface area is 234 Å². The zero-order valence-electron chi connectivity index (χ0n) is 21.7. The van der Waals surface area contributed by atoms with Crippen molar-refractivity contribution < 1.29 is 18.0 Å². The molecule has 1 unspecified atom stereocenters. The molecule has 0 heterocycles. The largest absolute Gasteiger partial charge is 0.357 e. The van der Waals surface area contributed by atoms with Gasteiger partial charge in [0, 0.05) is 13.6 Å². The number of nitrogens with zero attached hydrogens (tertiary/aromatic N) is 2. The fraction of sp³-hybridized carbons (Fsp3) is 0.286. The summed E-state index contributed by atoms with van der Waals surface area (Å²) in [6, 6.07) is 17.5. The highest BCUT2D eigenvalue weighted by Gasteiger charge is 2.34. The summed E-state index contributed by atoms with van der Waals surface area (Å²) in [5, 5.41) is 3.28. The zero-order chi connectivity index (χ0) is 28.0. The SMILES string of the molecule is CCC(C(=O)NC)N(Cc1ccc(Cl)c(Cl)c1)C(=O)CN(c1cc(C)ccc1C)S(=O)(=O)c1ccccc1. The second kappa shape index (κ2) is 12.7. The lowest BCUT2D eigenvalue weighted by molar-refractivity contribution is -0.140. The first-order chi connectivity index (χ1) is 18.0. The number of nitrogens with one attached hydrogen (secondary N) is 1. The number of sulfonamides is 1. The van der Waals surface area contributed by atoms with E-state index >= 15 is 0 Å². The first-order valence-corrected chi connectivity index (χ1v) is 14.3. The molecule has 3 aromatic rings. The number of halogens is 2. The fourth-order valence-corrected chi connectivity index (χ4v) is 5.95. The molecular formula is C28H31Cl2N3O4S. The highest BCUT2D eigenvalue weighted by molar-refractivity contribution is 7.92. The van der Waals surface area contributed by atoms with Crippen molar-refractivity contribution in [1.82, 2.24) is 10.2 Å². The Kier molecular flexibility index (Phi) is 9.82.